The zero-order valence-corrected chi connectivity index (χ0v) is 14.8. The van der Waals surface area contributed by atoms with E-state index in [4.69, 9.17) is 0 Å². The minimum Gasteiger partial charge on any atom is -0.334 e. The summed E-state index contributed by atoms with van der Waals surface area (Å²) in [5.41, 5.74) is 4.95. The highest BCUT2D eigenvalue weighted by molar-refractivity contribution is 5.81. The van der Waals surface area contributed by atoms with Crippen molar-refractivity contribution < 1.29 is 9.59 Å². The molecule has 0 radical (unpaired) electrons. The predicted molar refractivity (Wildman–Crippen MR) is 93.9 cm³/mol. The van der Waals surface area contributed by atoms with Gasteiger partial charge in [-0.2, -0.15) is 0 Å². The van der Waals surface area contributed by atoms with E-state index in [9.17, 15) is 9.59 Å². The Balaban J connectivity index is 1.92. The van der Waals surface area contributed by atoms with Crippen LogP contribution < -0.4 is 16.2 Å². The highest BCUT2D eigenvalue weighted by Crippen LogP contribution is 2.17. The van der Waals surface area contributed by atoms with E-state index in [1.807, 2.05) is 0 Å². The number of hydrogen-bond acceptors (Lipinski definition) is 2. The van der Waals surface area contributed by atoms with Crippen molar-refractivity contribution >= 4 is 11.9 Å². The second-order valence-electron chi connectivity index (χ2n) is 6.71. The van der Waals surface area contributed by atoms with Crippen LogP contribution in [-0.4, -0.2) is 18.0 Å². The minimum atomic E-state index is -0.291. The highest BCUT2D eigenvalue weighted by Gasteiger charge is 2.15. The number of hydrogen-bond donors (Lipinski definition) is 3. The first-order chi connectivity index (χ1) is 11.2. The molecular formula is C18H35N3O2. The molecule has 5 heteroatoms. The largest absolute Gasteiger partial charge is 0.334 e. The van der Waals surface area contributed by atoms with Crippen molar-refractivity contribution in [3.8, 4) is 0 Å². The van der Waals surface area contributed by atoms with Crippen LogP contribution >= 0.6 is 0 Å². The summed E-state index contributed by atoms with van der Waals surface area (Å²) in [7, 11) is 0. The molecule has 3 N–H and O–H groups in total. The normalized spacial score (nSPS) is 15.2. The molecule has 0 heterocycles. The summed E-state index contributed by atoms with van der Waals surface area (Å²) in [6.07, 6.45) is 15.9. The Bertz CT molecular complexity index is 328. The molecule has 1 aliphatic carbocycles. The number of hydrazine groups is 1. The zero-order valence-electron chi connectivity index (χ0n) is 14.8. The number of carbonyl (C=O) groups excluding carboxylic acids is 2. The van der Waals surface area contributed by atoms with Crippen molar-refractivity contribution in [2.24, 2.45) is 0 Å². The number of unbranched alkanes of at least 4 members (excludes halogenated alkanes) is 7. The molecule has 23 heavy (non-hydrogen) atoms. The van der Waals surface area contributed by atoms with Gasteiger partial charge in [0.1, 0.15) is 0 Å². The van der Waals surface area contributed by atoms with E-state index in [0.717, 1.165) is 25.7 Å². The lowest BCUT2D eigenvalue weighted by Crippen LogP contribution is -2.50. The van der Waals surface area contributed by atoms with E-state index in [2.05, 4.69) is 23.1 Å². The van der Waals surface area contributed by atoms with E-state index in [1.54, 1.807) is 0 Å². The van der Waals surface area contributed by atoms with Gasteiger partial charge in [-0.05, 0) is 19.3 Å². The molecule has 1 rings (SSSR count). The van der Waals surface area contributed by atoms with Crippen LogP contribution in [0.2, 0.25) is 0 Å². The van der Waals surface area contributed by atoms with Crippen LogP contribution in [0.25, 0.3) is 0 Å². The maximum atomic E-state index is 11.7. The summed E-state index contributed by atoms with van der Waals surface area (Å²) in [4.78, 5) is 23.3. The number of urea groups is 1. The first kappa shape index (κ1) is 19.8. The Labute approximate surface area is 141 Å². The fraction of sp³-hybridized carbons (Fsp3) is 0.889. The van der Waals surface area contributed by atoms with Gasteiger partial charge in [0.25, 0.3) is 0 Å². The van der Waals surface area contributed by atoms with Crippen molar-refractivity contribution in [2.75, 3.05) is 0 Å². The van der Waals surface area contributed by atoms with Crippen LogP contribution in [0.1, 0.15) is 96.8 Å². The first-order valence-corrected chi connectivity index (χ1v) is 9.57. The second kappa shape index (κ2) is 13.2. The molecule has 0 aromatic heterocycles. The molecule has 0 atom stereocenters. The van der Waals surface area contributed by atoms with Crippen LogP contribution in [0, 0.1) is 0 Å². The summed E-state index contributed by atoms with van der Waals surface area (Å²) in [5.74, 6) is -0.102. The molecule has 5 nitrogen and oxygen atoms in total. The van der Waals surface area contributed by atoms with Gasteiger partial charge in [-0.15, -0.1) is 0 Å². The highest BCUT2D eigenvalue weighted by atomic mass is 16.2. The molecule has 3 amide bonds. The molecule has 0 aliphatic heterocycles. The molecule has 0 spiro atoms. The summed E-state index contributed by atoms with van der Waals surface area (Å²) < 4.78 is 0. The minimum absolute atomic E-state index is 0.102. The van der Waals surface area contributed by atoms with Crippen LogP contribution in [0.15, 0.2) is 0 Å². The van der Waals surface area contributed by atoms with Crippen molar-refractivity contribution in [3.63, 3.8) is 0 Å². The molecule has 0 unspecified atom stereocenters. The van der Waals surface area contributed by atoms with E-state index in [0.29, 0.717) is 6.42 Å². The summed E-state index contributed by atoms with van der Waals surface area (Å²) in [6.45, 7) is 2.22. The van der Waals surface area contributed by atoms with Gasteiger partial charge in [-0.25, -0.2) is 10.2 Å². The molecule has 1 fully saturated rings. The standard InChI is InChI=1S/C18H35N3O2/c1-2-3-4-5-6-7-8-12-15-17(22)20-21-18(23)19-16-13-10-9-11-14-16/h16H,2-15H2,1H3,(H,20,22)(H2,19,21,23). The lowest BCUT2D eigenvalue weighted by molar-refractivity contribution is -0.121. The van der Waals surface area contributed by atoms with Crippen LogP contribution in [0.5, 0.6) is 0 Å². The number of carbonyl (C=O) groups is 2. The number of nitrogens with one attached hydrogen (secondary N) is 3. The zero-order chi connectivity index (χ0) is 16.8. The Hall–Kier alpha value is -1.26. The van der Waals surface area contributed by atoms with E-state index < -0.39 is 0 Å². The Morgan fingerprint density at radius 3 is 2.09 bits per heavy atom. The molecular weight excluding hydrogens is 290 g/mol. The molecule has 0 bridgehead atoms. The van der Waals surface area contributed by atoms with Gasteiger partial charge < -0.3 is 5.32 Å². The monoisotopic (exact) mass is 325 g/mol. The van der Waals surface area contributed by atoms with Gasteiger partial charge in [0.15, 0.2) is 0 Å². The third-order valence-electron chi connectivity index (χ3n) is 4.51. The maximum Gasteiger partial charge on any atom is 0.333 e. The van der Waals surface area contributed by atoms with Gasteiger partial charge >= 0.3 is 6.03 Å². The van der Waals surface area contributed by atoms with Crippen LogP contribution in [0.4, 0.5) is 4.79 Å². The van der Waals surface area contributed by atoms with E-state index in [1.165, 1.54) is 57.8 Å². The molecule has 1 saturated carbocycles. The average molecular weight is 325 g/mol. The Morgan fingerprint density at radius 2 is 1.43 bits per heavy atom. The Kier molecular flexibility index (Phi) is 11.4. The number of rotatable bonds is 10. The fourth-order valence-electron chi connectivity index (χ4n) is 3.08. The average Bonchev–Trinajstić information content (AvgIpc) is 2.56. The van der Waals surface area contributed by atoms with Gasteiger partial charge in [-0.3, -0.25) is 10.2 Å². The Morgan fingerprint density at radius 1 is 0.826 bits per heavy atom. The molecule has 1 aliphatic rings. The maximum absolute atomic E-state index is 11.7. The van der Waals surface area contributed by atoms with Gasteiger partial charge in [0, 0.05) is 12.5 Å². The molecule has 0 saturated heterocycles. The van der Waals surface area contributed by atoms with Gasteiger partial charge in [0.2, 0.25) is 5.91 Å². The topological polar surface area (TPSA) is 70.2 Å². The summed E-state index contributed by atoms with van der Waals surface area (Å²) >= 11 is 0. The predicted octanol–water partition coefficient (Wildman–Crippen LogP) is 4.18. The quantitative estimate of drug-likeness (QED) is 0.416. The lowest BCUT2D eigenvalue weighted by Gasteiger charge is -2.22. The van der Waals surface area contributed by atoms with Crippen molar-refractivity contribution in [2.45, 2.75) is 103 Å². The first-order valence-electron chi connectivity index (χ1n) is 9.57. The second-order valence-corrected chi connectivity index (χ2v) is 6.71. The molecule has 134 valence electrons. The van der Waals surface area contributed by atoms with E-state index in [-0.39, 0.29) is 18.0 Å². The molecule has 0 aromatic rings. The van der Waals surface area contributed by atoms with E-state index >= 15 is 0 Å². The number of amides is 3. The summed E-state index contributed by atoms with van der Waals surface area (Å²) in [5, 5.41) is 2.91. The third kappa shape index (κ3) is 11.0. The van der Waals surface area contributed by atoms with Gasteiger partial charge in [0.05, 0.1) is 0 Å². The van der Waals surface area contributed by atoms with Crippen LogP contribution in [0.3, 0.4) is 0 Å². The van der Waals surface area contributed by atoms with Crippen molar-refractivity contribution in [1.82, 2.24) is 16.2 Å². The molecule has 0 aromatic carbocycles. The lowest BCUT2D eigenvalue weighted by atomic mass is 9.96. The van der Waals surface area contributed by atoms with Crippen molar-refractivity contribution in [1.29, 1.82) is 0 Å². The van der Waals surface area contributed by atoms with Crippen molar-refractivity contribution in [3.05, 3.63) is 0 Å². The third-order valence-corrected chi connectivity index (χ3v) is 4.51. The summed E-state index contributed by atoms with van der Waals surface area (Å²) in [6, 6.07) is -0.0328. The smallest absolute Gasteiger partial charge is 0.333 e. The van der Waals surface area contributed by atoms with Gasteiger partial charge in [-0.1, -0.05) is 71.1 Å². The SMILES string of the molecule is CCCCCCCCCCC(=O)NNC(=O)NC1CCCCC1. The fourth-order valence-corrected chi connectivity index (χ4v) is 3.08. The van der Waals surface area contributed by atoms with Crippen LogP contribution in [-0.2, 0) is 4.79 Å².